The molecule has 0 bridgehead atoms. The van der Waals surface area contributed by atoms with E-state index >= 15 is 0 Å². The minimum Gasteiger partial charge on any atom is -0.389 e. The molecule has 0 aliphatic carbocycles. The Kier molecular flexibility index (Phi) is 6.65. The van der Waals surface area contributed by atoms with Gasteiger partial charge in [0.05, 0.1) is 30.0 Å². The van der Waals surface area contributed by atoms with E-state index in [-0.39, 0.29) is 23.3 Å². The van der Waals surface area contributed by atoms with Crippen molar-refractivity contribution in [2.24, 2.45) is 5.16 Å². The highest BCUT2D eigenvalue weighted by molar-refractivity contribution is 7.92. The van der Waals surface area contributed by atoms with Crippen LogP contribution in [0.4, 0.5) is 10.9 Å². The molecular weight excluding hydrogens is 494 g/mol. The van der Waals surface area contributed by atoms with Crippen molar-refractivity contribution in [2.45, 2.75) is 29.1 Å². The number of benzene rings is 1. The maximum absolute atomic E-state index is 13.2. The van der Waals surface area contributed by atoms with Gasteiger partial charge in [0.15, 0.2) is 26.8 Å². The SMILES string of the molecule is Nc1ccc2nc(NC(=O)/C(=N/O[C@@H]3CCOC3)c3ccc(S(=O)(=O)[C@H]4CCOC4)cc3)sc2n1. The van der Waals surface area contributed by atoms with Gasteiger partial charge < -0.3 is 20.0 Å². The first kappa shape index (κ1) is 23.6. The molecule has 0 spiro atoms. The Morgan fingerprint density at radius 2 is 1.86 bits per heavy atom. The second-order valence-electron chi connectivity index (χ2n) is 8.12. The molecule has 0 unspecified atom stereocenters. The van der Waals surface area contributed by atoms with Crippen molar-refractivity contribution in [1.29, 1.82) is 0 Å². The van der Waals surface area contributed by atoms with Gasteiger partial charge in [0.25, 0.3) is 5.91 Å². The van der Waals surface area contributed by atoms with Crippen molar-refractivity contribution >= 4 is 54.1 Å². The van der Waals surface area contributed by atoms with Gasteiger partial charge in [-0.1, -0.05) is 28.6 Å². The van der Waals surface area contributed by atoms with E-state index in [4.69, 9.17) is 20.0 Å². The van der Waals surface area contributed by atoms with Crippen LogP contribution in [-0.4, -0.2) is 67.8 Å². The van der Waals surface area contributed by atoms with Crippen LogP contribution in [0.15, 0.2) is 46.4 Å². The topological polar surface area (TPSA) is 155 Å². The first-order valence-corrected chi connectivity index (χ1v) is 13.3. The highest BCUT2D eigenvalue weighted by Gasteiger charge is 2.31. The number of fused-ring (bicyclic) bond motifs is 1. The molecule has 2 aliphatic heterocycles. The van der Waals surface area contributed by atoms with Gasteiger partial charge in [0.1, 0.15) is 16.2 Å². The van der Waals surface area contributed by atoms with Crippen molar-refractivity contribution < 1.29 is 27.5 Å². The molecule has 1 amide bonds. The number of nitrogens with two attached hydrogens (primary N) is 1. The minimum atomic E-state index is -3.53. The summed E-state index contributed by atoms with van der Waals surface area (Å²) in [6, 6.07) is 9.36. The van der Waals surface area contributed by atoms with E-state index in [0.717, 1.165) is 0 Å². The first-order valence-electron chi connectivity index (χ1n) is 11.0. The number of sulfone groups is 1. The van der Waals surface area contributed by atoms with Crippen molar-refractivity contribution in [3.05, 3.63) is 42.0 Å². The van der Waals surface area contributed by atoms with Gasteiger partial charge in [-0.2, -0.15) is 0 Å². The maximum atomic E-state index is 13.2. The zero-order valence-electron chi connectivity index (χ0n) is 18.5. The highest BCUT2D eigenvalue weighted by Crippen LogP contribution is 2.26. The molecule has 13 heteroatoms. The number of nitrogens with one attached hydrogen (secondary N) is 1. The molecule has 1 aromatic carbocycles. The second-order valence-corrected chi connectivity index (χ2v) is 11.3. The molecule has 2 aliphatic rings. The largest absolute Gasteiger partial charge is 0.389 e. The molecule has 2 aromatic heterocycles. The lowest BCUT2D eigenvalue weighted by molar-refractivity contribution is -0.110. The standard InChI is InChI=1S/C22H23N5O6S2/c23-18-6-5-17-21(25-18)34-22(24-17)26-20(28)19(27-33-14-7-9-31-11-14)13-1-3-15(4-2-13)35(29,30)16-8-10-32-12-16/h1-6,14,16H,7-12H2,(H2,23,25)(H,24,26,28)/b27-19+/t14-,16+/m1/s1. The van der Waals surface area contributed by atoms with Gasteiger partial charge in [0.2, 0.25) is 0 Å². The quantitative estimate of drug-likeness (QED) is 0.353. The molecule has 2 atom stereocenters. The second kappa shape index (κ2) is 9.85. The van der Waals surface area contributed by atoms with Crippen LogP contribution in [0.25, 0.3) is 10.3 Å². The third-order valence-electron chi connectivity index (χ3n) is 5.68. The number of nitrogens with zero attached hydrogens (tertiary/aromatic N) is 3. The van der Waals surface area contributed by atoms with Gasteiger partial charge in [-0.25, -0.2) is 18.4 Å². The number of rotatable bonds is 7. The molecule has 35 heavy (non-hydrogen) atoms. The van der Waals surface area contributed by atoms with Gasteiger partial charge in [-0.15, -0.1) is 0 Å². The van der Waals surface area contributed by atoms with E-state index in [1.54, 1.807) is 12.1 Å². The molecule has 184 valence electrons. The van der Waals surface area contributed by atoms with Crippen LogP contribution in [0.2, 0.25) is 0 Å². The number of anilines is 2. The number of ether oxygens (including phenoxy) is 2. The molecule has 3 N–H and O–H groups in total. The Morgan fingerprint density at radius 1 is 1.09 bits per heavy atom. The van der Waals surface area contributed by atoms with Gasteiger partial charge in [-0.05, 0) is 30.7 Å². The Bertz CT molecular complexity index is 1360. The molecule has 2 fully saturated rings. The summed E-state index contributed by atoms with van der Waals surface area (Å²) < 4.78 is 36.2. The highest BCUT2D eigenvalue weighted by atomic mass is 32.2. The van der Waals surface area contributed by atoms with Crippen molar-refractivity contribution in [3.63, 3.8) is 0 Å². The molecule has 0 radical (unpaired) electrons. The third-order valence-corrected chi connectivity index (χ3v) is 8.74. The summed E-state index contributed by atoms with van der Waals surface area (Å²) in [6.45, 7) is 1.54. The number of hydrogen-bond acceptors (Lipinski definition) is 11. The van der Waals surface area contributed by atoms with Crippen LogP contribution in [-0.2, 0) is 28.9 Å². The minimum absolute atomic E-state index is 0.0169. The molecular formula is C22H23N5O6S2. The van der Waals surface area contributed by atoms with E-state index in [2.05, 4.69) is 20.4 Å². The summed E-state index contributed by atoms with van der Waals surface area (Å²) in [7, 11) is -3.53. The van der Waals surface area contributed by atoms with Crippen LogP contribution in [0, 0.1) is 0 Å². The van der Waals surface area contributed by atoms with E-state index in [9.17, 15) is 13.2 Å². The average Bonchev–Trinajstić information content (AvgIpc) is 3.61. The normalized spacial score (nSPS) is 20.9. The number of aromatic nitrogens is 2. The fourth-order valence-electron chi connectivity index (χ4n) is 3.74. The van der Waals surface area contributed by atoms with Crippen molar-refractivity contribution in [2.75, 3.05) is 37.5 Å². The lowest BCUT2D eigenvalue weighted by Gasteiger charge is -2.12. The van der Waals surface area contributed by atoms with Crippen LogP contribution in [0.5, 0.6) is 0 Å². The van der Waals surface area contributed by atoms with E-state index in [1.807, 2.05) is 0 Å². The van der Waals surface area contributed by atoms with Crippen LogP contribution >= 0.6 is 11.3 Å². The molecule has 11 nitrogen and oxygen atoms in total. The van der Waals surface area contributed by atoms with Crippen LogP contribution in [0.1, 0.15) is 18.4 Å². The number of thiazole rings is 1. The maximum Gasteiger partial charge on any atom is 0.280 e. The fraction of sp³-hybridized carbons (Fsp3) is 0.364. The summed E-state index contributed by atoms with van der Waals surface area (Å²) in [5.41, 5.74) is 6.70. The number of oxime groups is 1. The number of hydrogen-bond donors (Lipinski definition) is 2. The molecule has 2 saturated heterocycles. The van der Waals surface area contributed by atoms with Crippen molar-refractivity contribution in [1.82, 2.24) is 9.97 Å². The van der Waals surface area contributed by atoms with E-state index < -0.39 is 21.0 Å². The summed E-state index contributed by atoms with van der Waals surface area (Å²) in [5, 5.41) is 6.58. The summed E-state index contributed by atoms with van der Waals surface area (Å²) in [4.78, 5) is 28.1. The van der Waals surface area contributed by atoms with Crippen molar-refractivity contribution in [3.8, 4) is 0 Å². The molecule has 0 saturated carbocycles. The van der Waals surface area contributed by atoms with Gasteiger partial charge in [-0.3, -0.25) is 10.1 Å². The summed E-state index contributed by atoms with van der Waals surface area (Å²) >= 11 is 1.17. The Balaban J connectivity index is 1.41. The Labute approximate surface area is 205 Å². The molecule has 4 heterocycles. The lowest BCUT2D eigenvalue weighted by atomic mass is 10.1. The van der Waals surface area contributed by atoms with E-state index in [1.165, 1.54) is 35.6 Å². The summed E-state index contributed by atoms with van der Waals surface area (Å²) in [5.74, 6) is -0.205. The Morgan fingerprint density at radius 3 is 2.57 bits per heavy atom. The number of amides is 1. The number of nitrogen functional groups attached to an aromatic ring is 1. The predicted octanol–water partition coefficient (Wildman–Crippen LogP) is 1.98. The number of pyridine rings is 1. The smallest absolute Gasteiger partial charge is 0.280 e. The average molecular weight is 518 g/mol. The monoisotopic (exact) mass is 517 g/mol. The predicted molar refractivity (Wildman–Crippen MR) is 130 cm³/mol. The summed E-state index contributed by atoms with van der Waals surface area (Å²) in [6.07, 6.45) is 0.845. The van der Waals surface area contributed by atoms with E-state index in [0.29, 0.717) is 59.5 Å². The van der Waals surface area contributed by atoms with Gasteiger partial charge in [0, 0.05) is 18.6 Å². The number of carbonyl (C=O) groups is 1. The van der Waals surface area contributed by atoms with Crippen LogP contribution < -0.4 is 11.1 Å². The zero-order chi connectivity index (χ0) is 24.4. The first-order chi connectivity index (χ1) is 16.9. The van der Waals surface area contributed by atoms with Crippen LogP contribution in [0.3, 0.4) is 0 Å². The van der Waals surface area contributed by atoms with Gasteiger partial charge >= 0.3 is 0 Å². The number of carbonyl (C=O) groups excluding carboxylic acids is 1. The third kappa shape index (κ3) is 5.12. The fourth-order valence-corrected chi connectivity index (χ4v) is 6.16. The molecule has 5 rings (SSSR count). The molecule has 3 aromatic rings. The lowest BCUT2D eigenvalue weighted by Crippen LogP contribution is -2.25. The zero-order valence-corrected chi connectivity index (χ0v) is 20.2. The Hall–Kier alpha value is -3.13.